The smallest absolute Gasteiger partial charge is 0.252 e. The fourth-order valence-corrected chi connectivity index (χ4v) is 2.94. The van der Waals surface area contributed by atoms with E-state index < -0.39 is 0 Å². The summed E-state index contributed by atoms with van der Waals surface area (Å²) in [5.74, 6) is 5.42. The third-order valence-corrected chi connectivity index (χ3v) is 4.13. The summed E-state index contributed by atoms with van der Waals surface area (Å²) in [4.78, 5) is 17.2. The van der Waals surface area contributed by atoms with Crippen LogP contribution in [0.4, 0.5) is 0 Å². The number of nitrogens with two attached hydrogens (primary N) is 1. The van der Waals surface area contributed by atoms with Crippen molar-refractivity contribution in [3.8, 4) is 11.8 Å². The standard InChI is InChI=1S/C14H12BrN3OS/c15-11-6-12(20-9-11)8-18-14(19)13-3-5-17-7-10(13)2-1-4-16/h3,5-7,9H,4,8,16H2,(H,18,19). The van der Waals surface area contributed by atoms with Crippen LogP contribution in [-0.2, 0) is 6.54 Å². The Kier molecular flexibility index (Phi) is 5.30. The highest BCUT2D eigenvalue weighted by molar-refractivity contribution is 9.10. The van der Waals surface area contributed by atoms with Gasteiger partial charge >= 0.3 is 0 Å². The number of nitrogens with zero attached hydrogens (tertiary/aromatic N) is 1. The maximum atomic E-state index is 12.2. The van der Waals surface area contributed by atoms with Gasteiger partial charge in [-0.15, -0.1) is 11.3 Å². The van der Waals surface area contributed by atoms with Crippen molar-refractivity contribution >= 4 is 33.2 Å². The van der Waals surface area contributed by atoms with E-state index in [1.165, 1.54) is 0 Å². The Hall–Kier alpha value is -1.68. The van der Waals surface area contributed by atoms with E-state index in [2.05, 4.69) is 38.1 Å². The molecule has 2 aromatic heterocycles. The van der Waals surface area contributed by atoms with Crippen molar-refractivity contribution in [3.05, 3.63) is 50.4 Å². The minimum Gasteiger partial charge on any atom is -0.347 e. The highest BCUT2D eigenvalue weighted by Gasteiger charge is 2.10. The van der Waals surface area contributed by atoms with E-state index in [1.807, 2.05) is 11.4 Å². The van der Waals surface area contributed by atoms with E-state index in [9.17, 15) is 4.79 Å². The van der Waals surface area contributed by atoms with Crippen molar-refractivity contribution in [3.63, 3.8) is 0 Å². The number of aromatic nitrogens is 1. The first-order chi connectivity index (χ1) is 9.70. The molecule has 0 spiro atoms. The van der Waals surface area contributed by atoms with Gasteiger partial charge < -0.3 is 11.1 Å². The molecule has 0 aliphatic heterocycles. The van der Waals surface area contributed by atoms with Gasteiger partial charge in [0, 0.05) is 27.1 Å². The fourth-order valence-electron chi connectivity index (χ4n) is 1.55. The number of hydrogen-bond acceptors (Lipinski definition) is 4. The van der Waals surface area contributed by atoms with Gasteiger partial charge in [-0.25, -0.2) is 0 Å². The van der Waals surface area contributed by atoms with Gasteiger partial charge in [0.2, 0.25) is 0 Å². The van der Waals surface area contributed by atoms with Crippen LogP contribution in [0, 0.1) is 11.8 Å². The van der Waals surface area contributed by atoms with E-state index in [0.717, 1.165) is 9.35 Å². The summed E-state index contributed by atoms with van der Waals surface area (Å²) in [5.41, 5.74) is 6.44. The minimum absolute atomic E-state index is 0.168. The zero-order valence-corrected chi connectivity index (χ0v) is 12.9. The Morgan fingerprint density at radius 2 is 2.40 bits per heavy atom. The summed E-state index contributed by atoms with van der Waals surface area (Å²) < 4.78 is 1.02. The minimum atomic E-state index is -0.168. The number of halogens is 1. The molecule has 0 unspecified atom stereocenters. The Balaban J connectivity index is 2.09. The van der Waals surface area contributed by atoms with E-state index in [4.69, 9.17) is 5.73 Å². The van der Waals surface area contributed by atoms with Gasteiger partial charge in [0.05, 0.1) is 24.2 Å². The van der Waals surface area contributed by atoms with Gasteiger partial charge in [0.1, 0.15) is 0 Å². The molecule has 0 bridgehead atoms. The molecule has 0 fully saturated rings. The lowest BCUT2D eigenvalue weighted by Gasteiger charge is -2.05. The number of thiophene rings is 1. The van der Waals surface area contributed by atoms with Crippen LogP contribution in [0.15, 0.2) is 34.4 Å². The van der Waals surface area contributed by atoms with Crippen molar-refractivity contribution in [2.75, 3.05) is 6.54 Å². The highest BCUT2D eigenvalue weighted by Crippen LogP contribution is 2.19. The normalized spacial score (nSPS) is 9.70. The third-order valence-electron chi connectivity index (χ3n) is 2.44. The molecule has 1 amide bonds. The molecular formula is C14H12BrN3OS. The van der Waals surface area contributed by atoms with Gasteiger partial charge in [-0.3, -0.25) is 9.78 Å². The van der Waals surface area contributed by atoms with E-state index in [1.54, 1.807) is 29.8 Å². The second-order valence-electron chi connectivity index (χ2n) is 3.84. The largest absolute Gasteiger partial charge is 0.347 e. The second-order valence-corrected chi connectivity index (χ2v) is 5.75. The molecule has 0 saturated carbocycles. The molecule has 0 aliphatic rings. The van der Waals surface area contributed by atoms with E-state index in [0.29, 0.717) is 17.7 Å². The van der Waals surface area contributed by atoms with Crippen LogP contribution in [0.5, 0.6) is 0 Å². The second kappa shape index (κ2) is 7.20. The van der Waals surface area contributed by atoms with E-state index in [-0.39, 0.29) is 12.5 Å². The van der Waals surface area contributed by atoms with Crippen LogP contribution < -0.4 is 11.1 Å². The molecule has 4 nitrogen and oxygen atoms in total. The molecule has 3 N–H and O–H groups in total. The Labute approximate surface area is 129 Å². The Morgan fingerprint density at radius 1 is 1.55 bits per heavy atom. The quantitative estimate of drug-likeness (QED) is 0.834. The van der Waals surface area contributed by atoms with E-state index >= 15 is 0 Å². The SMILES string of the molecule is NCC#Cc1cnccc1C(=O)NCc1cc(Br)cs1. The first-order valence-electron chi connectivity index (χ1n) is 5.84. The summed E-state index contributed by atoms with van der Waals surface area (Å²) in [6.45, 7) is 0.736. The molecule has 6 heteroatoms. The van der Waals surface area contributed by atoms with Crippen LogP contribution >= 0.6 is 27.3 Å². The molecule has 0 aliphatic carbocycles. The lowest BCUT2D eigenvalue weighted by molar-refractivity contribution is 0.0951. The molecule has 2 rings (SSSR count). The maximum absolute atomic E-state index is 12.2. The van der Waals surface area contributed by atoms with Crippen LogP contribution in [0.3, 0.4) is 0 Å². The number of carbonyl (C=O) groups is 1. The van der Waals surface area contributed by atoms with Crippen LogP contribution in [-0.4, -0.2) is 17.4 Å². The lowest BCUT2D eigenvalue weighted by Crippen LogP contribution is -2.23. The predicted octanol–water partition coefficient (Wildman–Crippen LogP) is 2.15. The number of nitrogens with one attached hydrogen (secondary N) is 1. The molecule has 0 radical (unpaired) electrons. The van der Waals surface area contributed by atoms with Gasteiger partial charge in [0.15, 0.2) is 0 Å². The highest BCUT2D eigenvalue weighted by atomic mass is 79.9. The van der Waals surface area contributed by atoms with Crippen molar-refractivity contribution in [2.24, 2.45) is 5.73 Å². The zero-order valence-electron chi connectivity index (χ0n) is 10.5. The first kappa shape index (κ1) is 14.7. The summed E-state index contributed by atoms with van der Waals surface area (Å²) in [5, 5.41) is 4.85. The summed E-state index contributed by atoms with van der Waals surface area (Å²) >= 11 is 4.97. The first-order valence-corrected chi connectivity index (χ1v) is 7.52. The average Bonchev–Trinajstić information content (AvgIpc) is 2.88. The maximum Gasteiger partial charge on any atom is 0.252 e. The van der Waals surface area contributed by atoms with Crippen molar-refractivity contribution in [1.29, 1.82) is 0 Å². The van der Waals surface area contributed by atoms with Gasteiger partial charge in [-0.2, -0.15) is 0 Å². The summed E-state index contributed by atoms with van der Waals surface area (Å²) in [7, 11) is 0. The molecule has 0 aromatic carbocycles. The van der Waals surface area contributed by atoms with Crippen LogP contribution in [0.2, 0.25) is 0 Å². The monoisotopic (exact) mass is 349 g/mol. The van der Waals surface area contributed by atoms with Crippen molar-refractivity contribution < 1.29 is 4.79 Å². The third kappa shape index (κ3) is 3.90. The number of pyridine rings is 1. The molecule has 0 atom stereocenters. The number of rotatable bonds is 3. The van der Waals surface area contributed by atoms with Crippen molar-refractivity contribution in [2.45, 2.75) is 6.54 Å². The number of carbonyl (C=O) groups excluding carboxylic acids is 1. The van der Waals surface area contributed by atoms with Crippen LogP contribution in [0.25, 0.3) is 0 Å². The summed E-state index contributed by atoms with van der Waals surface area (Å²) in [6, 6.07) is 3.63. The van der Waals surface area contributed by atoms with Gasteiger partial charge in [-0.1, -0.05) is 11.8 Å². The average molecular weight is 350 g/mol. The Bertz CT molecular complexity index is 672. The zero-order chi connectivity index (χ0) is 14.4. The molecular weight excluding hydrogens is 338 g/mol. The fraction of sp³-hybridized carbons (Fsp3) is 0.143. The number of hydrogen-bond donors (Lipinski definition) is 2. The summed E-state index contributed by atoms with van der Waals surface area (Å²) in [6.07, 6.45) is 3.14. The van der Waals surface area contributed by atoms with Crippen molar-refractivity contribution in [1.82, 2.24) is 10.3 Å². The Morgan fingerprint density at radius 3 is 3.10 bits per heavy atom. The molecule has 20 heavy (non-hydrogen) atoms. The predicted molar refractivity (Wildman–Crippen MR) is 83.4 cm³/mol. The molecule has 2 aromatic rings. The van der Waals surface area contributed by atoms with Gasteiger partial charge in [0.25, 0.3) is 5.91 Å². The molecule has 0 saturated heterocycles. The molecule has 102 valence electrons. The van der Waals surface area contributed by atoms with Gasteiger partial charge in [-0.05, 0) is 28.1 Å². The lowest BCUT2D eigenvalue weighted by atomic mass is 10.1. The molecule has 2 heterocycles. The van der Waals surface area contributed by atoms with Crippen LogP contribution in [0.1, 0.15) is 20.8 Å². The number of amides is 1. The topological polar surface area (TPSA) is 68.0 Å².